The second kappa shape index (κ2) is 17.2. The number of halogens is 1. The number of hydrogen-bond acceptors (Lipinski definition) is 11. The fourth-order valence-corrected chi connectivity index (χ4v) is 9.38. The zero-order valence-electron chi connectivity index (χ0n) is 31.0. The SMILES string of the molecule is O=C(NS(=O)(=O)c1ccc(NCC2=CCOC=C2)c([N+](=O)[O-])c1)c1ccc(N2CCN(Cc3ccccc3-c3ccc(Cl)cc3)CC2)cc1S(=O)(=O)c1ccccc1. The number of ether oxygens (including phenoxy) is 1. The van der Waals surface area contributed by atoms with Crippen molar-refractivity contribution in [3.05, 3.63) is 166 Å². The molecule has 5 aromatic carbocycles. The van der Waals surface area contributed by atoms with Crippen LogP contribution in [-0.2, 0) is 31.1 Å². The van der Waals surface area contributed by atoms with Gasteiger partial charge in [-0.15, -0.1) is 0 Å². The highest BCUT2D eigenvalue weighted by atomic mass is 35.5. The number of piperazine rings is 1. The van der Waals surface area contributed by atoms with E-state index in [0.29, 0.717) is 50.0 Å². The summed E-state index contributed by atoms with van der Waals surface area (Å²) in [4.78, 5) is 28.4. The van der Waals surface area contributed by atoms with Gasteiger partial charge in [0.25, 0.3) is 21.6 Å². The van der Waals surface area contributed by atoms with Crippen molar-refractivity contribution in [2.45, 2.75) is 21.2 Å². The number of carbonyl (C=O) groups is 1. The molecule has 2 aliphatic heterocycles. The van der Waals surface area contributed by atoms with E-state index in [1.54, 1.807) is 36.4 Å². The van der Waals surface area contributed by atoms with Crippen LogP contribution in [0.4, 0.5) is 17.1 Å². The number of sulfonamides is 1. The number of nitro groups is 1. The molecule has 0 aliphatic carbocycles. The molecule has 0 atom stereocenters. The fraction of sp³-hybridized carbons (Fsp3) is 0.167. The normalized spacial score (nSPS) is 14.6. The number of rotatable bonds is 13. The van der Waals surface area contributed by atoms with E-state index in [1.165, 1.54) is 36.6 Å². The van der Waals surface area contributed by atoms with Gasteiger partial charge in [0.05, 0.1) is 31.4 Å². The summed E-state index contributed by atoms with van der Waals surface area (Å²) in [5.41, 5.74) is 3.81. The standard InChI is InChI=1S/C42H38ClN5O8S2/c43-33-12-10-31(11-13-33)37-9-5-4-6-32(37)29-46-20-22-47(23-21-46)34-14-16-38(41(26-34)57(52,53)35-7-2-1-3-8-35)42(49)45-58(54,55)36-15-17-39(40(27-36)48(50)51)44-28-30-18-24-56-25-19-30/h1-19,24,26-27,44H,20-23,25,28-29H2,(H,45,49). The van der Waals surface area contributed by atoms with Crippen LogP contribution in [0.1, 0.15) is 15.9 Å². The molecule has 2 heterocycles. The number of carbonyl (C=O) groups excluding carboxylic acids is 1. The Morgan fingerprint density at radius 1 is 0.828 bits per heavy atom. The second-order valence-electron chi connectivity index (χ2n) is 13.6. The van der Waals surface area contributed by atoms with E-state index in [4.69, 9.17) is 16.3 Å². The number of nitrogens with zero attached hydrogens (tertiary/aromatic N) is 3. The second-order valence-corrected chi connectivity index (χ2v) is 17.6. The number of nitrogens with one attached hydrogen (secondary N) is 2. The van der Waals surface area contributed by atoms with Gasteiger partial charge in [-0.25, -0.2) is 21.6 Å². The molecular formula is C42H38ClN5O8S2. The van der Waals surface area contributed by atoms with Crippen molar-refractivity contribution in [1.29, 1.82) is 0 Å². The Balaban J connectivity index is 1.11. The first kappa shape index (κ1) is 40.2. The molecule has 13 nitrogen and oxygen atoms in total. The van der Waals surface area contributed by atoms with Gasteiger partial charge >= 0.3 is 0 Å². The van der Waals surface area contributed by atoms with Crippen LogP contribution in [0.25, 0.3) is 11.1 Å². The third-order valence-corrected chi connectivity index (χ3v) is 13.3. The molecule has 0 saturated carbocycles. The Morgan fingerprint density at radius 3 is 2.26 bits per heavy atom. The van der Waals surface area contributed by atoms with Crippen LogP contribution in [0.3, 0.4) is 0 Å². The molecule has 1 fully saturated rings. The summed E-state index contributed by atoms with van der Waals surface area (Å²) in [7, 11) is -9.05. The molecule has 0 bridgehead atoms. The largest absolute Gasteiger partial charge is 0.497 e. The average molecular weight is 840 g/mol. The number of amides is 1. The van der Waals surface area contributed by atoms with Gasteiger partial charge in [0.15, 0.2) is 0 Å². The molecule has 0 radical (unpaired) electrons. The quantitative estimate of drug-likeness (QED) is 0.0919. The minimum atomic E-state index is -4.72. The Kier molecular flexibility index (Phi) is 12.0. The molecule has 7 rings (SSSR count). The van der Waals surface area contributed by atoms with Gasteiger partial charge in [-0.2, -0.15) is 0 Å². The molecule has 1 amide bonds. The van der Waals surface area contributed by atoms with Crippen LogP contribution in [0.2, 0.25) is 5.02 Å². The number of hydrogen-bond donors (Lipinski definition) is 2. The maximum atomic E-state index is 14.1. The first-order valence-electron chi connectivity index (χ1n) is 18.2. The van der Waals surface area contributed by atoms with Crippen LogP contribution in [0.5, 0.6) is 0 Å². The van der Waals surface area contributed by atoms with Crippen LogP contribution in [-0.4, -0.2) is 71.9 Å². The lowest BCUT2D eigenvalue weighted by molar-refractivity contribution is -0.384. The molecule has 58 heavy (non-hydrogen) atoms. The number of sulfone groups is 1. The smallest absolute Gasteiger partial charge is 0.293 e. The van der Waals surface area contributed by atoms with Gasteiger partial charge in [0.1, 0.15) is 12.3 Å². The average Bonchev–Trinajstić information content (AvgIpc) is 3.24. The number of benzene rings is 5. The summed E-state index contributed by atoms with van der Waals surface area (Å²) in [6.07, 6.45) is 4.99. The molecule has 2 aliphatic rings. The third kappa shape index (κ3) is 9.08. The molecule has 298 valence electrons. The minimum absolute atomic E-state index is 0.0616. The maximum absolute atomic E-state index is 14.1. The highest BCUT2D eigenvalue weighted by Crippen LogP contribution is 2.32. The maximum Gasteiger partial charge on any atom is 0.293 e. The lowest BCUT2D eigenvalue weighted by Crippen LogP contribution is -2.46. The Labute approximate surface area is 341 Å². The highest BCUT2D eigenvalue weighted by molar-refractivity contribution is 7.91. The van der Waals surface area contributed by atoms with Gasteiger partial charge in [-0.1, -0.05) is 66.2 Å². The Morgan fingerprint density at radius 2 is 1.55 bits per heavy atom. The van der Waals surface area contributed by atoms with Crippen LogP contribution in [0, 0.1) is 10.1 Å². The Hall–Kier alpha value is -6.00. The first-order chi connectivity index (χ1) is 27.9. The molecule has 2 N–H and O–H groups in total. The first-order valence-corrected chi connectivity index (χ1v) is 21.6. The van der Waals surface area contributed by atoms with E-state index in [0.717, 1.165) is 34.4 Å². The van der Waals surface area contributed by atoms with Crippen molar-refractivity contribution >= 4 is 54.4 Å². The lowest BCUT2D eigenvalue weighted by Gasteiger charge is -2.36. The van der Waals surface area contributed by atoms with Gasteiger partial charge < -0.3 is 15.0 Å². The van der Waals surface area contributed by atoms with E-state index in [2.05, 4.69) is 22.3 Å². The minimum Gasteiger partial charge on any atom is -0.497 e. The molecule has 16 heteroatoms. The highest BCUT2D eigenvalue weighted by Gasteiger charge is 2.30. The molecule has 1 saturated heterocycles. The van der Waals surface area contributed by atoms with E-state index < -0.39 is 46.8 Å². The topological polar surface area (TPSA) is 168 Å². The molecule has 0 unspecified atom stereocenters. The van der Waals surface area contributed by atoms with Gasteiger partial charge in [-0.3, -0.25) is 19.8 Å². The van der Waals surface area contributed by atoms with Crippen LogP contribution in [0.15, 0.2) is 154 Å². The predicted octanol–water partition coefficient (Wildman–Crippen LogP) is 7.07. The summed E-state index contributed by atoms with van der Waals surface area (Å²) in [6, 6.07) is 30.9. The summed E-state index contributed by atoms with van der Waals surface area (Å²) < 4.78 is 62.4. The summed E-state index contributed by atoms with van der Waals surface area (Å²) in [5.74, 6) is -1.21. The summed E-state index contributed by atoms with van der Waals surface area (Å²) in [5, 5.41) is 15.6. The van der Waals surface area contributed by atoms with Crippen molar-refractivity contribution in [3.63, 3.8) is 0 Å². The zero-order chi connectivity index (χ0) is 40.9. The fourth-order valence-electron chi connectivity index (χ4n) is 6.78. The van der Waals surface area contributed by atoms with Crippen molar-refractivity contribution < 1.29 is 31.3 Å². The molecular weight excluding hydrogens is 802 g/mol. The number of anilines is 2. The molecule has 5 aromatic rings. The van der Waals surface area contributed by atoms with Crippen molar-refractivity contribution in [3.8, 4) is 11.1 Å². The van der Waals surface area contributed by atoms with E-state index in [9.17, 15) is 31.7 Å². The summed E-state index contributed by atoms with van der Waals surface area (Å²) in [6.45, 7) is 3.71. The zero-order valence-corrected chi connectivity index (χ0v) is 33.3. The van der Waals surface area contributed by atoms with Crippen molar-refractivity contribution in [1.82, 2.24) is 9.62 Å². The third-order valence-electron chi connectivity index (χ3n) is 9.86. The van der Waals surface area contributed by atoms with Gasteiger partial charge in [-0.05, 0) is 89.0 Å². The monoisotopic (exact) mass is 839 g/mol. The van der Waals surface area contributed by atoms with Crippen LogP contribution < -0.4 is 14.9 Å². The number of nitro benzene ring substituents is 1. The van der Waals surface area contributed by atoms with Gasteiger partial charge in [0, 0.05) is 56.0 Å². The summed E-state index contributed by atoms with van der Waals surface area (Å²) >= 11 is 6.13. The van der Waals surface area contributed by atoms with E-state index in [-0.39, 0.29) is 22.0 Å². The van der Waals surface area contributed by atoms with Crippen LogP contribution >= 0.6 is 11.6 Å². The van der Waals surface area contributed by atoms with Crippen molar-refractivity contribution in [2.24, 2.45) is 0 Å². The van der Waals surface area contributed by atoms with E-state index >= 15 is 0 Å². The molecule has 0 aromatic heterocycles. The van der Waals surface area contributed by atoms with Gasteiger partial charge in [0.2, 0.25) is 9.84 Å². The Bertz CT molecular complexity index is 2630. The van der Waals surface area contributed by atoms with Crippen molar-refractivity contribution in [2.75, 3.05) is 49.5 Å². The van der Waals surface area contributed by atoms with E-state index in [1.807, 2.05) is 46.0 Å². The predicted molar refractivity (Wildman–Crippen MR) is 222 cm³/mol. The molecule has 0 spiro atoms. The lowest BCUT2D eigenvalue weighted by atomic mass is 9.99.